The van der Waals surface area contributed by atoms with Gasteiger partial charge >= 0.3 is 6.03 Å². The lowest BCUT2D eigenvalue weighted by atomic mass is 9.76. The first-order chi connectivity index (χ1) is 13.1. The molecule has 6 nitrogen and oxygen atoms in total. The van der Waals surface area contributed by atoms with Crippen LogP contribution in [0.25, 0.3) is 0 Å². The summed E-state index contributed by atoms with van der Waals surface area (Å²) in [5.41, 5.74) is -0.819. The maximum absolute atomic E-state index is 13.2. The molecule has 2 fully saturated rings. The van der Waals surface area contributed by atoms with Gasteiger partial charge in [-0.05, 0) is 48.6 Å². The van der Waals surface area contributed by atoms with E-state index in [0.717, 1.165) is 9.75 Å². The number of urea groups is 1. The van der Waals surface area contributed by atoms with Crippen LogP contribution in [0.2, 0.25) is 0 Å². The van der Waals surface area contributed by atoms with Crippen molar-refractivity contribution in [1.82, 2.24) is 15.5 Å². The third-order valence-corrected chi connectivity index (χ3v) is 7.09. The summed E-state index contributed by atoms with van der Waals surface area (Å²) in [5.74, 6) is -0.232. The fraction of sp³-hybridized carbons (Fsp3) is 0.421. The lowest BCUT2D eigenvalue weighted by Gasteiger charge is -2.36. The number of nitrogens with zero attached hydrogens (tertiary/aromatic N) is 1. The van der Waals surface area contributed by atoms with E-state index in [1.165, 1.54) is 0 Å². The lowest BCUT2D eigenvalue weighted by molar-refractivity contribution is -0.139. The van der Waals surface area contributed by atoms with Gasteiger partial charge in [0.05, 0.1) is 13.1 Å². The van der Waals surface area contributed by atoms with Gasteiger partial charge in [0.25, 0.3) is 5.91 Å². The molecule has 1 saturated heterocycles. The number of hydrogen-bond acceptors (Lipinski definition) is 5. The zero-order valence-electron chi connectivity index (χ0n) is 14.8. The van der Waals surface area contributed by atoms with Gasteiger partial charge in [-0.1, -0.05) is 12.1 Å². The van der Waals surface area contributed by atoms with Crippen LogP contribution in [-0.4, -0.2) is 28.3 Å². The van der Waals surface area contributed by atoms with Crippen LogP contribution in [0, 0.1) is 5.92 Å². The van der Waals surface area contributed by atoms with Crippen molar-refractivity contribution >= 4 is 40.5 Å². The summed E-state index contributed by atoms with van der Waals surface area (Å²) in [6.45, 7) is 1.21. The molecule has 2 aromatic heterocycles. The number of hydrogen-bond donors (Lipinski definition) is 2. The molecule has 2 aliphatic rings. The van der Waals surface area contributed by atoms with E-state index in [9.17, 15) is 14.4 Å². The zero-order chi connectivity index (χ0) is 18.9. The number of amides is 4. The largest absolute Gasteiger partial charge is 0.332 e. The molecule has 1 aliphatic heterocycles. The Labute approximate surface area is 165 Å². The molecule has 2 N–H and O–H groups in total. The van der Waals surface area contributed by atoms with Gasteiger partial charge in [0.15, 0.2) is 0 Å². The zero-order valence-corrected chi connectivity index (χ0v) is 16.4. The highest BCUT2D eigenvalue weighted by atomic mass is 32.1. The summed E-state index contributed by atoms with van der Waals surface area (Å²) >= 11 is 3.31. The molecule has 1 spiro atoms. The Morgan fingerprint density at radius 3 is 2.11 bits per heavy atom. The van der Waals surface area contributed by atoms with E-state index in [0.29, 0.717) is 38.8 Å². The lowest BCUT2D eigenvalue weighted by Crippen LogP contribution is -2.51. The first-order valence-corrected chi connectivity index (χ1v) is 10.8. The second-order valence-electron chi connectivity index (χ2n) is 7.12. The first kappa shape index (κ1) is 18.2. The van der Waals surface area contributed by atoms with Crippen molar-refractivity contribution in [2.45, 2.75) is 44.3 Å². The topological polar surface area (TPSA) is 78.5 Å². The summed E-state index contributed by atoms with van der Waals surface area (Å²) in [6.07, 6.45) is 2.23. The highest BCUT2D eigenvalue weighted by Gasteiger charge is 2.49. The summed E-state index contributed by atoms with van der Waals surface area (Å²) in [7, 11) is 0. The van der Waals surface area contributed by atoms with Gasteiger partial charge in [-0.15, -0.1) is 22.7 Å². The van der Waals surface area contributed by atoms with Gasteiger partial charge < -0.3 is 10.2 Å². The van der Waals surface area contributed by atoms with Crippen LogP contribution in [0.1, 0.15) is 35.4 Å². The molecule has 0 aromatic carbocycles. The molecular weight excluding hydrogens is 382 g/mol. The minimum absolute atomic E-state index is 0.110. The Morgan fingerprint density at radius 2 is 1.67 bits per heavy atom. The van der Waals surface area contributed by atoms with Crippen molar-refractivity contribution in [1.29, 1.82) is 0 Å². The smallest absolute Gasteiger partial charge is 0.322 e. The molecule has 8 heteroatoms. The average molecular weight is 404 g/mol. The molecule has 4 rings (SSSR count). The van der Waals surface area contributed by atoms with Crippen molar-refractivity contribution in [3.63, 3.8) is 0 Å². The number of carbonyl (C=O) groups is 3. The third kappa shape index (κ3) is 3.77. The molecule has 27 heavy (non-hydrogen) atoms. The SMILES string of the molecule is O=C1NC(=O)C2(CCC(C(=O)N(Cc3cccs3)Cc3cccs3)CC2)N1. The van der Waals surface area contributed by atoms with Crippen LogP contribution in [-0.2, 0) is 22.7 Å². The molecule has 142 valence electrons. The van der Waals surface area contributed by atoms with Crippen molar-refractivity contribution in [3.8, 4) is 0 Å². The highest BCUT2D eigenvalue weighted by Crippen LogP contribution is 2.35. The standard InChI is InChI=1S/C19H21N3O3S2/c23-16(13-5-7-19(8-6-13)17(24)20-18(25)21-19)22(11-14-3-1-9-26-14)12-15-4-2-10-27-15/h1-4,9-10,13H,5-8,11-12H2,(H2,20,21,24,25). The molecule has 1 saturated carbocycles. The van der Waals surface area contributed by atoms with E-state index >= 15 is 0 Å². The number of thiophene rings is 2. The van der Waals surface area contributed by atoms with Crippen molar-refractivity contribution in [3.05, 3.63) is 44.8 Å². The Morgan fingerprint density at radius 1 is 1.07 bits per heavy atom. The van der Waals surface area contributed by atoms with E-state index in [1.54, 1.807) is 22.7 Å². The van der Waals surface area contributed by atoms with Crippen LogP contribution in [0.3, 0.4) is 0 Å². The van der Waals surface area contributed by atoms with Crippen LogP contribution in [0.4, 0.5) is 4.79 Å². The van der Waals surface area contributed by atoms with Crippen LogP contribution in [0.15, 0.2) is 35.0 Å². The molecule has 1 aliphatic carbocycles. The molecule has 0 atom stereocenters. The van der Waals surface area contributed by atoms with Gasteiger partial charge in [0.2, 0.25) is 5.91 Å². The Bertz CT molecular complexity index is 788. The molecule has 0 unspecified atom stereocenters. The van der Waals surface area contributed by atoms with Crippen molar-refractivity contribution in [2.24, 2.45) is 5.92 Å². The molecule has 3 heterocycles. The summed E-state index contributed by atoms with van der Waals surface area (Å²) < 4.78 is 0. The van der Waals surface area contributed by atoms with E-state index in [4.69, 9.17) is 0 Å². The van der Waals surface area contributed by atoms with Gasteiger partial charge in [-0.25, -0.2) is 4.79 Å². The monoisotopic (exact) mass is 403 g/mol. The van der Waals surface area contributed by atoms with Gasteiger partial charge in [0.1, 0.15) is 5.54 Å². The van der Waals surface area contributed by atoms with Crippen LogP contribution >= 0.6 is 22.7 Å². The molecular formula is C19H21N3O3S2. The maximum atomic E-state index is 13.2. The molecule has 0 radical (unpaired) electrons. The van der Waals surface area contributed by atoms with Gasteiger partial charge in [-0.3, -0.25) is 14.9 Å². The number of carbonyl (C=O) groups excluding carboxylic acids is 3. The van der Waals surface area contributed by atoms with Crippen molar-refractivity contribution in [2.75, 3.05) is 0 Å². The van der Waals surface area contributed by atoms with Crippen molar-refractivity contribution < 1.29 is 14.4 Å². The number of imide groups is 1. The van der Waals surface area contributed by atoms with Gasteiger partial charge in [-0.2, -0.15) is 0 Å². The van der Waals surface area contributed by atoms with E-state index in [1.807, 2.05) is 39.9 Å². The summed E-state index contributed by atoms with van der Waals surface area (Å²) in [6, 6.07) is 7.67. The Kier molecular flexibility index (Phi) is 5.01. The van der Waals surface area contributed by atoms with E-state index in [-0.39, 0.29) is 17.7 Å². The predicted octanol–water partition coefficient (Wildman–Crippen LogP) is 3.11. The molecule has 0 bridgehead atoms. The average Bonchev–Trinajstić information content (AvgIpc) is 3.39. The molecule has 2 aromatic rings. The van der Waals surface area contributed by atoms with E-state index < -0.39 is 11.6 Å². The maximum Gasteiger partial charge on any atom is 0.322 e. The normalized spacial score (nSPS) is 24.7. The summed E-state index contributed by atoms with van der Waals surface area (Å²) in [5, 5.41) is 9.13. The molecule has 4 amide bonds. The van der Waals surface area contributed by atoms with Crippen LogP contribution in [0.5, 0.6) is 0 Å². The highest BCUT2D eigenvalue weighted by molar-refractivity contribution is 7.10. The fourth-order valence-electron chi connectivity index (χ4n) is 3.89. The number of rotatable bonds is 5. The third-order valence-electron chi connectivity index (χ3n) is 5.37. The Balaban J connectivity index is 1.45. The quantitative estimate of drug-likeness (QED) is 0.753. The predicted molar refractivity (Wildman–Crippen MR) is 104 cm³/mol. The summed E-state index contributed by atoms with van der Waals surface area (Å²) in [4.78, 5) is 41.1. The fourth-order valence-corrected chi connectivity index (χ4v) is 5.33. The van der Waals surface area contributed by atoms with Crippen LogP contribution < -0.4 is 10.6 Å². The van der Waals surface area contributed by atoms with E-state index in [2.05, 4.69) is 10.6 Å². The Hall–Kier alpha value is -2.19. The second kappa shape index (κ2) is 7.44. The number of nitrogens with one attached hydrogen (secondary N) is 2. The minimum Gasteiger partial charge on any atom is -0.332 e. The first-order valence-electron chi connectivity index (χ1n) is 9.03. The van der Waals surface area contributed by atoms with Gasteiger partial charge in [0, 0.05) is 15.7 Å². The second-order valence-corrected chi connectivity index (χ2v) is 9.18. The minimum atomic E-state index is -0.819.